The maximum atomic E-state index is 13.1. The van der Waals surface area contributed by atoms with E-state index in [4.69, 9.17) is 21.4 Å². The molecule has 3 aromatic rings. The van der Waals surface area contributed by atoms with E-state index in [1.165, 1.54) is 4.57 Å². The zero-order chi connectivity index (χ0) is 20.4. The molecular weight excluding hydrogens is 384 g/mol. The molecule has 0 bridgehead atoms. The van der Waals surface area contributed by atoms with Crippen molar-refractivity contribution in [2.24, 2.45) is 7.05 Å². The minimum atomic E-state index is -0.474. The molecule has 1 N–H and O–H groups in total. The van der Waals surface area contributed by atoms with Crippen molar-refractivity contribution >= 4 is 22.8 Å². The monoisotopic (exact) mass is 406 g/mol. The highest BCUT2D eigenvalue weighted by atomic mass is 35.5. The zero-order valence-corrected chi connectivity index (χ0v) is 16.8. The van der Waals surface area contributed by atoms with Crippen LogP contribution in [0.25, 0.3) is 11.2 Å². The molecule has 150 valence electrons. The third kappa shape index (κ3) is 3.83. The van der Waals surface area contributed by atoms with Crippen molar-refractivity contribution in [1.29, 1.82) is 0 Å². The number of hydrogen-bond acceptors (Lipinski definition) is 5. The molecule has 2 aromatic heterocycles. The number of ether oxygens (including phenoxy) is 1. The summed E-state index contributed by atoms with van der Waals surface area (Å²) in [6.07, 6.45) is 0.149. The van der Waals surface area contributed by atoms with Crippen LogP contribution in [0.2, 0.25) is 5.02 Å². The predicted octanol–water partition coefficient (Wildman–Crippen LogP) is 1.77. The van der Waals surface area contributed by atoms with Crippen molar-refractivity contribution in [3.05, 3.63) is 55.7 Å². The highest BCUT2D eigenvalue weighted by Gasteiger charge is 2.22. The van der Waals surface area contributed by atoms with Crippen LogP contribution in [0.3, 0.4) is 0 Å². The summed E-state index contributed by atoms with van der Waals surface area (Å²) in [6.45, 7) is 4.09. The molecule has 0 aliphatic rings. The molecule has 1 aromatic carbocycles. The lowest BCUT2D eigenvalue weighted by molar-refractivity contribution is 0.214. The average molecular weight is 407 g/mol. The Bertz CT molecular complexity index is 1100. The number of aliphatic hydroxyl groups excluding tert-OH is 1. The maximum absolute atomic E-state index is 13.1. The fourth-order valence-electron chi connectivity index (χ4n) is 3.00. The minimum Gasteiger partial charge on any atom is -0.462 e. The van der Waals surface area contributed by atoms with Gasteiger partial charge in [-0.15, -0.1) is 0 Å². The van der Waals surface area contributed by atoms with E-state index < -0.39 is 11.2 Å². The summed E-state index contributed by atoms with van der Waals surface area (Å²) >= 11 is 5.97. The number of aromatic nitrogens is 4. The summed E-state index contributed by atoms with van der Waals surface area (Å²) in [7, 11) is 1.57. The van der Waals surface area contributed by atoms with E-state index in [0.29, 0.717) is 18.0 Å². The van der Waals surface area contributed by atoms with E-state index in [0.717, 1.165) is 10.1 Å². The third-order valence-electron chi connectivity index (χ3n) is 4.33. The van der Waals surface area contributed by atoms with Gasteiger partial charge >= 0.3 is 5.69 Å². The Balaban J connectivity index is 2.25. The van der Waals surface area contributed by atoms with Gasteiger partial charge in [-0.3, -0.25) is 18.5 Å². The van der Waals surface area contributed by atoms with Gasteiger partial charge in [0.05, 0.1) is 12.6 Å². The molecule has 9 heteroatoms. The van der Waals surface area contributed by atoms with Crippen LogP contribution in [0, 0.1) is 0 Å². The largest absolute Gasteiger partial charge is 0.462 e. The Kier molecular flexibility index (Phi) is 5.90. The Morgan fingerprint density at radius 2 is 1.86 bits per heavy atom. The van der Waals surface area contributed by atoms with Crippen molar-refractivity contribution < 1.29 is 9.84 Å². The van der Waals surface area contributed by atoms with Gasteiger partial charge in [-0.25, -0.2) is 4.79 Å². The molecule has 0 amide bonds. The number of nitrogens with zero attached hydrogens (tertiary/aromatic N) is 4. The molecule has 3 rings (SSSR count). The van der Waals surface area contributed by atoms with Crippen LogP contribution in [-0.4, -0.2) is 36.5 Å². The van der Waals surface area contributed by atoms with Gasteiger partial charge < -0.3 is 9.84 Å². The highest BCUT2D eigenvalue weighted by Crippen LogP contribution is 2.21. The second-order valence-electron chi connectivity index (χ2n) is 6.82. The van der Waals surface area contributed by atoms with E-state index in [1.54, 1.807) is 23.7 Å². The molecule has 0 atom stereocenters. The molecule has 0 unspecified atom stereocenters. The molecule has 0 saturated heterocycles. The van der Waals surface area contributed by atoms with Crippen LogP contribution in [0.15, 0.2) is 33.9 Å². The van der Waals surface area contributed by atoms with Gasteiger partial charge in [0.25, 0.3) is 11.6 Å². The molecule has 0 aliphatic carbocycles. The lowest BCUT2D eigenvalue weighted by Crippen LogP contribution is -2.39. The summed E-state index contributed by atoms with van der Waals surface area (Å²) in [5.41, 5.74) is 0.530. The summed E-state index contributed by atoms with van der Waals surface area (Å²) in [4.78, 5) is 30.1. The van der Waals surface area contributed by atoms with Gasteiger partial charge in [-0.1, -0.05) is 23.7 Å². The quantitative estimate of drug-likeness (QED) is 0.645. The van der Waals surface area contributed by atoms with E-state index in [2.05, 4.69) is 4.98 Å². The van der Waals surface area contributed by atoms with E-state index in [9.17, 15) is 9.59 Å². The van der Waals surface area contributed by atoms with Crippen LogP contribution < -0.4 is 16.0 Å². The number of fused-ring (bicyclic) bond motifs is 1. The van der Waals surface area contributed by atoms with E-state index >= 15 is 0 Å². The first kappa shape index (κ1) is 20.2. The van der Waals surface area contributed by atoms with Gasteiger partial charge in [0.15, 0.2) is 11.2 Å². The minimum absolute atomic E-state index is 0.112. The summed E-state index contributed by atoms with van der Waals surface area (Å²) in [6, 6.07) is 7.54. The Morgan fingerprint density at radius 1 is 1.18 bits per heavy atom. The molecule has 28 heavy (non-hydrogen) atoms. The van der Waals surface area contributed by atoms with E-state index in [1.807, 2.05) is 26.0 Å². The fraction of sp³-hybridized carbons (Fsp3) is 0.421. The molecule has 0 fully saturated rings. The Morgan fingerprint density at radius 3 is 2.46 bits per heavy atom. The van der Waals surface area contributed by atoms with Crippen LogP contribution in [0.5, 0.6) is 6.01 Å². The molecular formula is C19H23ClN4O4. The summed E-state index contributed by atoms with van der Waals surface area (Å²) in [5.74, 6) is 0. The van der Waals surface area contributed by atoms with Crippen molar-refractivity contribution in [3.63, 3.8) is 0 Å². The first-order valence-electron chi connectivity index (χ1n) is 9.05. The van der Waals surface area contributed by atoms with Crippen molar-refractivity contribution in [2.45, 2.75) is 39.5 Å². The second kappa shape index (κ2) is 8.20. The Labute approximate surface area is 166 Å². The lowest BCUT2D eigenvalue weighted by atomic mass is 10.2. The zero-order valence-electron chi connectivity index (χ0n) is 16.1. The molecule has 0 saturated carbocycles. The maximum Gasteiger partial charge on any atom is 0.332 e. The predicted molar refractivity (Wildman–Crippen MR) is 107 cm³/mol. The van der Waals surface area contributed by atoms with Crippen LogP contribution in [0.4, 0.5) is 0 Å². The number of halogens is 1. The number of rotatable bonds is 7. The number of aryl methyl sites for hydroxylation is 1. The molecule has 0 spiro atoms. The van der Waals surface area contributed by atoms with Gasteiger partial charge in [-0.2, -0.15) is 4.98 Å². The SMILES string of the molecule is CC(C)Oc1nc2c(c(=O)n(CCCO)c(=O)n2C)n1Cc1ccc(Cl)cc1. The second-order valence-corrected chi connectivity index (χ2v) is 7.26. The normalized spacial score (nSPS) is 11.5. The topological polar surface area (TPSA) is 91.3 Å². The number of aliphatic hydroxyl groups is 1. The van der Waals surface area contributed by atoms with Crippen molar-refractivity contribution in [1.82, 2.24) is 18.7 Å². The van der Waals surface area contributed by atoms with Crippen molar-refractivity contribution in [3.8, 4) is 6.01 Å². The van der Waals surface area contributed by atoms with Gasteiger partial charge in [0.2, 0.25) is 0 Å². The highest BCUT2D eigenvalue weighted by molar-refractivity contribution is 6.30. The van der Waals surface area contributed by atoms with Crippen molar-refractivity contribution in [2.75, 3.05) is 6.61 Å². The van der Waals surface area contributed by atoms with Gasteiger partial charge in [0.1, 0.15) is 0 Å². The fourth-order valence-corrected chi connectivity index (χ4v) is 3.12. The lowest BCUT2D eigenvalue weighted by Gasteiger charge is -2.13. The van der Waals surface area contributed by atoms with Crippen LogP contribution in [0.1, 0.15) is 25.8 Å². The summed E-state index contributed by atoms with van der Waals surface area (Å²) in [5, 5.41) is 9.71. The van der Waals surface area contributed by atoms with Gasteiger partial charge in [-0.05, 0) is 38.0 Å². The average Bonchev–Trinajstić information content (AvgIpc) is 2.99. The third-order valence-corrected chi connectivity index (χ3v) is 4.58. The van der Waals surface area contributed by atoms with Crippen LogP contribution in [-0.2, 0) is 20.1 Å². The number of imidazole rings is 1. The summed E-state index contributed by atoms with van der Waals surface area (Å²) < 4.78 is 9.95. The van der Waals surface area contributed by atoms with Crippen LogP contribution >= 0.6 is 11.6 Å². The molecule has 0 aliphatic heterocycles. The van der Waals surface area contributed by atoms with Gasteiger partial charge in [0, 0.05) is 25.2 Å². The first-order valence-corrected chi connectivity index (χ1v) is 9.43. The first-order chi connectivity index (χ1) is 13.3. The number of hydrogen-bond donors (Lipinski definition) is 1. The standard InChI is InChI=1S/C19H23ClN4O4/c1-12(2)28-18-21-16-15(24(18)11-13-5-7-14(20)8-6-13)17(26)23(9-4-10-25)19(27)22(16)3/h5-8,12,25H,4,9-11H2,1-3H3. The van der Waals surface area contributed by atoms with E-state index in [-0.39, 0.29) is 36.4 Å². The Hall–Kier alpha value is -2.58. The smallest absolute Gasteiger partial charge is 0.332 e. The molecule has 2 heterocycles. The molecule has 8 nitrogen and oxygen atoms in total. The molecule has 0 radical (unpaired) electrons. The number of benzene rings is 1.